The van der Waals surface area contributed by atoms with E-state index in [0.29, 0.717) is 0 Å². The Bertz CT molecular complexity index is 1070. The third kappa shape index (κ3) is 4.60. The lowest BCUT2D eigenvalue weighted by Gasteiger charge is -2.35. The summed E-state index contributed by atoms with van der Waals surface area (Å²) in [7, 11) is 0. The molecule has 0 atom stereocenters. The van der Waals surface area contributed by atoms with E-state index in [9.17, 15) is 0 Å². The van der Waals surface area contributed by atoms with Gasteiger partial charge >= 0.3 is 0 Å². The number of hydrogen-bond donors (Lipinski definition) is 0. The number of fused-ring (bicyclic) bond motifs is 2. The molecule has 2 heteroatoms. The summed E-state index contributed by atoms with van der Waals surface area (Å²) in [6.45, 7) is 16.0. The highest BCUT2D eigenvalue weighted by Gasteiger charge is 2.30. The van der Waals surface area contributed by atoms with Crippen molar-refractivity contribution in [2.24, 2.45) is 0 Å². The van der Waals surface area contributed by atoms with Gasteiger partial charge in [-0.05, 0) is 89.6 Å². The molecule has 0 spiro atoms. The van der Waals surface area contributed by atoms with Crippen molar-refractivity contribution in [2.75, 3.05) is 4.90 Å². The molecule has 180 valence electrons. The van der Waals surface area contributed by atoms with E-state index in [1.165, 1.54) is 35.2 Å². The quantitative estimate of drug-likeness (QED) is 0.262. The van der Waals surface area contributed by atoms with Gasteiger partial charge in [0.25, 0.3) is 0 Å². The maximum absolute atomic E-state index is 6.63. The fourth-order valence-corrected chi connectivity index (χ4v) is 4.53. The summed E-state index contributed by atoms with van der Waals surface area (Å²) < 4.78 is 6.63. The summed E-state index contributed by atoms with van der Waals surface area (Å²) in [5.41, 5.74) is 7.64. The van der Waals surface area contributed by atoms with Crippen LogP contribution in [0.25, 0.3) is 0 Å². The van der Waals surface area contributed by atoms with E-state index >= 15 is 0 Å². The first-order valence-electron chi connectivity index (χ1n) is 13.1. The van der Waals surface area contributed by atoms with Gasteiger partial charge in [0.15, 0.2) is 11.5 Å². The second-order valence-corrected chi connectivity index (χ2v) is 11.0. The minimum Gasteiger partial charge on any atom is -0.453 e. The molecule has 0 amide bonds. The zero-order valence-electron chi connectivity index (χ0n) is 22.2. The highest BCUT2D eigenvalue weighted by molar-refractivity contribution is 5.86. The van der Waals surface area contributed by atoms with Crippen LogP contribution in [-0.4, -0.2) is 0 Å². The minimum atomic E-state index is 0.108. The lowest BCUT2D eigenvalue weighted by atomic mass is 9.81. The standard InChI is InChI=1S/C32H41NO/c1-8-11-12-23-13-17-26(18-14-23)33-27-19-15-24(31(4,5)9-2)21-29(27)34-30-22-25(16-20-28(30)33)32(6,7)10-3/h13-22H,8-12H2,1-7H3. The number of hydrogen-bond acceptors (Lipinski definition) is 2. The highest BCUT2D eigenvalue weighted by Crippen LogP contribution is 2.52. The first kappa shape index (κ1) is 24.4. The zero-order valence-corrected chi connectivity index (χ0v) is 22.2. The Morgan fingerprint density at radius 2 is 1.18 bits per heavy atom. The molecule has 4 rings (SSSR count). The molecule has 3 aromatic rings. The minimum absolute atomic E-state index is 0.108. The molecule has 0 aliphatic carbocycles. The maximum Gasteiger partial charge on any atom is 0.151 e. The molecule has 34 heavy (non-hydrogen) atoms. The number of benzene rings is 3. The fourth-order valence-electron chi connectivity index (χ4n) is 4.53. The number of rotatable bonds is 8. The molecule has 0 radical (unpaired) electrons. The van der Waals surface area contributed by atoms with Crippen LogP contribution in [0.3, 0.4) is 0 Å². The van der Waals surface area contributed by atoms with E-state index < -0.39 is 0 Å². The smallest absolute Gasteiger partial charge is 0.151 e. The summed E-state index contributed by atoms with van der Waals surface area (Å²) in [6.07, 6.45) is 5.76. The summed E-state index contributed by atoms with van der Waals surface area (Å²) in [6, 6.07) is 22.6. The lowest BCUT2D eigenvalue weighted by molar-refractivity contribution is 0.459. The van der Waals surface area contributed by atoms with Gasteiger partial charge in [-0.1, -0.05) is 79.2 Å². The third-order valence-electron chi connectivity index (χ3n) is 7.97. The van der Waals surface area contributed by atoms with E-state index in [4.69, 9.17) is 4.74 Å². The predicted molar refractivity (Wildman–Crippen MR) is 146 cm³/mol. The molecule has 0 fully saturated rings. The highest BCUT2D eigenvalue weighted by atomic mass is 16.5. The average molecular weight is 456 g/mol. The van der Waals surface area contributed by atoms with Crippen molar-refractivity contribution in [3.63, 3.8) is 0 Å². The van der Waals surface area contributed by atoms with E-state index in [1.54, 1.807) is 0 Å². The SMILES string of the molecule is CCCCc1ccc(N2c3ccc(C(C)(C)CC)cc3Oc3cc(C(C)(C)CC)ccc32)cc1. The van der Waals surface area contributed by atoms with Crippen LogP contribution in [0.15, 0.2) is 60.7 Å². The van der Waals surface area contributed by atoms with E-state index in [0.717, 1.165) is 42.1 Å². The van der Waals surface area contributed by atoms with E-state index in [1.807, 2.05) is 0 Å². The Balaban J connectivity index is 1.83. The van der Waals surface area contributed by atoms with Gasteiger partial charge in [0.05, 0.1) is 11.4 Å². The van der Waals surface area contributed by atoms with Crippen molar-refractivity contribution in [2.45, 2.75) is 91.4 Å². The van der Waals surface area contributed by atoms with E-state index in [2.05, 4.69) is 114 Å². The van der Waals surface area contributed by atoms with Gasteiger partial charge in [-0.2, -0.15) is 0 Å². The first-order chi connectivity index (χ1) is 16.2. The average Bonchev–Trinajstić information content (AvgIpc) is 2.85. The molecule has 0 aromatic heterocycles. The molecule has 0 saturated heterocycles. The Hall–Kier alpha value is -2.74. The number of aryl methyl sites for hydroxylation is 1. The van der Waals surface area contributed by atoms with Crippen LogP contribution in [0.1, 0.15) is 90.8 Å². The van der Waals surface area contributed by atoms with Gasteiger partial charge in [-0.15, -0.1) is 0 Å². The second-order valence-electron chi connectivity index (χ2n) is 11.0. The Morgan fingerprint density at radius 1 is 0.676 bits per heavy atom. The Labute approximate surface area is 207 Å². The van der Waals surface area contributed by atoms with Gasteiger partial charge in [0, 0.05) is 5.69 Å². The number of nitrogens with zero attached hydrogens (tertiary/aromatic N) is 1. The summed E-state index contributed by atoms with van der Waals surface area (Å²) in [5, 5.41) is 0. The van der Waals surface area contributed by atoms with Gasteiger partial charge in [-0.3, -0.25) is 0 Å². The summed E-state index contributed by atoms with van der Waals surface area (Å²) >= 11 is 0. The van der Waals surface area contributed by atoms with Gasteiger partial charge in [0.1, 0.15) is 0 Å². The monoisotopic (exact) mass is 455 g/mol. The number of anilines is 3. The molecular formula is C32H41NO. The molecule has 0 N–H and O–H groups in total. The third-order valence-corrected chi connectivity index (χ3v) is 7.97. The van der Waals surface area contributed by atoms with Crippen molar-refractivity contribution in [1.82, 2.24) is 0 Å². The van der Waals surface area contributed by atoms with Crippen LogP contribution in [0, 0.1) is 0 Å². The molecule has 0 unspecified atom stereocenters. The maximum atomic E-state index is 6.63. The Kier molecular flexibility index (Phi) is 6.80. The van der Waals surface area contributed by atoms with Gasteiger partial charge in [-0.25, -0.2) is 0 Å². The van der Waals surface area contributed by atoms with E-state index in [-0.39, 0.29) is 10.8 Å². The number of ether oxygens (including phenoxy) is 1. The van der Waals surface area contributed by atoms with Crippen LogP contribution >= 0.6 is 0 Å². The molecule has 1 aliphatic rings. The second kappa shape index (κ2) is 9.49. The van der Waals surface area contributed by atoms with Crippen molar-refractivity contribution >= 4 is 17.1 Å². The van der Waals surface area contributed by atoms with Crippen molar-refractivity contribution in [3.8, 4) is 11.5 Å². The van der Waals surface area contributed by atoms with Crippen LogP contribution in [-0.2, 0) is 17.3 Å². The van der Waals surface area contributed by atoms with Crippen LogP contribution in [0.2, 0.25) is 0 Å². The predicted octanol–water partition coefficient (Wildman–Crippen LogP) is 9.98. The molecular weight excluding hydrogens is 414 g/mol. The van der Waals surface area contributed by atoms with Gasteiger partial charge < -0.3 is 9.64 Å². The van der Waals surface area contributed by atoms with Crippen molar-refractivity contribution < 1.29 is 4.74 Å². The molecule has 3 aromatic carbocycles. The van der Waals surface area contributed by atoms with Crippen LogP contribution in [0.4, 0.5) is 17.1 Å². The van der Waals surface area contributed by atoms with Crippen LogP contribution in [0.5, 0.6) is 11.5 Å². The molecule has 2 nitrogen and oxygen atoms in total. The van der Waals surface area contributed by atoms with Crippen molar-refractivity contribution in [1.29, 1.82) is 0 Å². The Morgan fingerprint density at radius 3 is 1.62 bits per heavy atom. The van der Waals surface area contributed by atoms with Gasteiger partial charge in [0.2, 0.25) is 0 Å². The molecule has 0 saturated carbocycles. The first-order valence-corrected chi connectivity index (χ1v) is 13.1. The molecule has 0 bridgehead atoms. The van der Waals surface area contributed by atoms with Crippen LogP contribution < -0.4 is 9.64 Å². The molecule has 1 heterocycles. The lowest BCUT2D eigenvalue weighted by Crippen LogP contribution is -2.20. The summed E-state index contributed by atoms with van der Waals surface area (Å²) in [4.78, 5) is 2.36. The normalized spacial score (nSPS) is 13.3. The summed E-state index contributed by atoms with van der Waals surface area (Å²) in [5.74, 6) is 1.88. The number of unbranched alkanes of at least 4 members (excludes halogenated alkanes) is 1. The van der Waals surface area contributed by atoms with Crippen molar-refractivity contribution in [3.05, 3.63) is 77.4 Å². The zero-order chi connectivity index (χ0) is 24.5. The molecule has 1 aliphatic heterocycles. The topological polar surface area (TPSA) is 12.5 Å². The largest absolute Gasteiger partial charge is 0.453 e. The fraction of sp³-hybridized carbons (Fsp3) is 0.438.